The van der Waals surface area contributed by atoms with Gasteiger partial charge in [-0.15, -0.1) is 0 Å². The smallest absolute Gasteiger partial charge is 0.226 e. The normalized spacial score (nSPS) is 18.8. The van der Waals surface area contributed by atoms with Gasteiger partial charge >= 0.3 is 0 Å². The summed E-state index contributed by atoms with van der Waals surface area (Å²) in [6.45, 7) is 4.15. The third-order valence-electron chi connectivity index (χ3n) is 4.82. The van der Waals surface area contributed by atoms with Gasteiger partial charge in [0.2, 0.25) is 5.91 Å². The van der Waals surface area contributed by atoms with Gasteiger partial charge in [0, 0.05) is 37.9 Å². The molecule has 0 spiro atoms. The maximum Gasteiger partial charge on any atom is 0.226 e. The Kier molecular flexibility index (Phi) is 5.76. The molecule has 25 heavy (non-hydrogen) atoms. The number of halogens is 1. The maximum absolute atomic E-state index is 13.8. The summed E-state index contributed by atoms with van der Waals surface area (Å²) in [5.41, 5.74) is 1.72. The van der Waals surface area contributed by atoms with Crippen LogP contribution < -0.4 is 5.32 Å². The summed E-state index contributed by atoms with van der Waals surface area (Å²) in [5, 5.41) is 3.35. The molecule has 0 saturated carbocycles. The standard InChI is InChI=1S/C20H24FN3O/c1-15(8-9-16-5-2-3-7-18(16)21)20(25)24-12-11-23-14-19(24)17-6-4-10-22-13-17/h2-7,10,13,15,19,23H,8-9,11-12,14H2,1H3. The summed E-state index contributed by atoms with van der Waals surface area (Å²) >= 11 is 0. The van der Waals surface area contributed by atoms with Gasteiger partial charge in [-0.3, -0.25) is 9.78 Å². The third-order valence-corrected chi connectivity index (χ3v) is 4.82. The molecule has 3 rings (SSSR count). The molecule has 1 saturated heterocycles. The maximum atomic E-state index is 13.8. The fraction of sp³-hybridized carbons (Fsp3) is 0.400. The van der Waals surface area contributed by atoms with Gasteiger partial charge in [0.15, 0.2) is 0 Å². The molecule has 2 unspecified atom stereocenters. The number of carbonyl (C=O) groups excluding carboxylic acids is 1. The molecule has 1 aliphatic rings. The minimum absolute atomic E-state index is 0.00543. The van der Waals surface area contributed by atoms with E-state index in [0.717, 1.165) is 18.7 Å². The molecule has 1 aliphatic heterocycles. The number of hydrogen-bond acceptors (Lipinski definition) is 3. The number of nitrogens with one attached hydrogen (secondary N) is 1. The number of nitrogens with zero attached hydrogens (tertiary/aromatic N) is 2. The fourth-order valence-corrected chi connectivity index (χ4v) is 3.32. The number of benzene rings is 1. The number of rotatable bonds is 5. The number of carbonyl (C=O) groups is 1. The van der Waals surface area contributed by atoms with E-state index in [4.69, 9.17) is 0 Å². The Morgan fingerprint density at radius 1 is 1.36 bits per heavy atom. The van der Waals surface area contributed by atoms with Crippen LogP contribution in [0.1, 0.15) is 30.5 Å². The number of pyridine rings is 1. The first-order valence-corrected chi connectivity index (χ1v) is 8.81. The van der Waals surface area contributed by atoms with Crippen molar-refractivity contribution in [3.8, 4) is 0 Å². The second-order valence-corrected chi connectivity index (χ2v) is 6.57. The number of aryl methyl sites for hydroxylation is 1. The molecule has 1 N–H and O–H groups in total. The molecule has 0 radical (unpaired) electrons. The SMILES string of the molecule is CC(CCc1ccccc1F)C(=O)N1CCNCC1c1cccnc1. The van der Waals surface area contributed by atoms with Gasteiger partial charge in [-0.25, -0.2) is 4.39 Å². The molecule has 0 bridgehead atoms. The lowest BCUT2D eigenvalue weighted by molar-refractivity contribution is -0.138. The zero-order valence-corrected chi connectivity index (χ0v) is 14.5. The average Bonchev–Trinajstić information content (AvgIpc) is 2.67. The minimum Gasteiger partial charge on any atom is -0.333 e. The summed E-state index contributed by atoms with van der Waals surface area (Å²) in [6, 6.07) is 10.7. The zero-order valence-electron chi connectivity index (χ0n) is 14.5. The molecule has 2 aromatic rings. The van der Waals surface area contributed by atoms with Crippen molar-refractivity contribution in [3.05, 3.63) is 65.7 Å². The number of piperazine rings is 1. The van der Waals surface area contributed by atoms with Gasteiger partial charge in [0.05, 0.1) is 6.04 Å². The van der Waals surface area contributed by atoms with Crippen molar-refractivity contribution in [1.82, 2.24) is 15.2 Å². The van der Waals surface area contributed by atoms with Crippen LogP contribution in [0.3, 0.4) is 0 Å². The first-order chi connectivity index (χ1) is 12.2. The van der Waals surface area contributed by atoms with E-state index in [0.29, 0.717) is 24.9 Å². The van der Waals surface area contributed by atoms with Crippen LogP contribution in [0.15, 0.2) is 48.8 Å². The van der Waals surface area contributed by atoms with E-state index in [9.17, 15) is 9.18 Å². The van der Waals surface area contributed by atoms with E-state index in [1.54, 1.807) is 18.3 Å². The Balaban J connectivity index is 1.66. The van der Waals surface area contributed by atoms with Crippen molar-refractivity contribution in [3.63, 3.8) is 0 Å². The van der Waals surface area contributed by atoms with Crippen LogP contribution in [0.2, 0.25) is 0 Å². The van der Waals surface area contributed by atoms with E-state index in [-0.39, 0.29) is 23.7 Å². The van der Waals surface area contributed by atoms with E-state index >= 15 is 0 Å². The summed E-state index contributed by atoms with van der Waals surface area (Å²) in [6.07, 6.45) is 4.78. The lowest BCUT2D eigenvalue weighted by Crippen LogP contribution is -2.50. The quantitative estimate of drug-likeness (QED) is 0.909. The third kappa shape index (κ3) is 4.23. The van der Waals surface area contributed by atoms with Gasteiger partial charge in [-0.2, -0.15) is 0 Å². The zero-order chi connectivity index (χ0) is 17.6. The number of amides is 1. The van der Waals surface area contributed by atoms with Gasteiger partial charge in [0.1, 0.15) is 5.82 Å². The van der Waals surface area contributed by atoms with Crippen LogP contribution in [-0.2, 0) is 11.2 Å². The first kappa shape index (κ1) is 17.5. The van der Waals surface area contributed by atoms with Crippen molar-refractivity contribution in [1.29, 1.82) is 0 Å². The Hall–Kier alpha value is -2.27. The van der Waals surface area contributed by atoms with E-state index in [1.165, 1.54) is 6.07 Å². The molecular formula is C20H24FN3O. The monoisotopic (exact) mass is 341 g/mol. The second-order valence-electron chi connectivity index (χ2n) is 6.57. The van der Waals surface area contributed by atoms with Gasteiger partial charge in [-0.1, -0.05) is 31.2 Å². The van der Waals surface area contributed by atoms with Crippen molar-refractivity contribution in [2.45, 2.75) is 25.8 Å². The van der Waals surface area contributed by atoms with Crippen molar-refractivity contribution in [2.75, 3.05) is 19.6 Å². The van der Waals surface area contributed by atoms with Crippen molar-refractivity contribution < 1.29 is 9.18 Å². The lowest BCUT2D eigenvalue weighted by Gasteiger charge is -2.38. The average molecular weight is 341 g/mol. The minimum atomic E-state index is -0.197. The number of hydrogen-bond donors (Lipinski definition) is 1. The molecule has 1 fully saturated rings. The van der Waals surface area contributed by atoms with Crippen LogP contribution in [0.4, 0.5) is 4.39 Å². The molecule has 2 atom stereocenters. The Bertz CT molecular complexity index is 707. The van der Waals surface area contributed by atoms with Crippen LogP contribution in [0.25, 0.3) is 0 Å². The topological polar surface area (TPSA) is 45.2 Å². The van der Waals surface area contributed by atoms with E-state index in [1.807, 2.05) is 36.2 Å². The first-order valence-electron chi connectivity index (χ1n) is 8.81. The van der Waals surface area contributed by atoms with Crippen LogP contribution >= 0.6 is 0 Å². The summed E-state index contributed by atoms with van der Waals surface area (Å²) in [7, 11) is 0. The highest BCUT2D eigenvalue weighted by atomic mass is 19.1. The largest absolute Gasteiger partial charge is 0.333 e. The van der Waals surface area contributed by atoms with Crippen LogP contribution in [-0.4, -0.2) is 35.4 Å². The molecule has 5 heteroatoms. The fourth-order valence-electron chi connectivity index (χ4n) is 3.32. The molecular weight excluding hydrogens is 317 g/mol. The van der Waals surface area contributed by atoms with E-state index < -0.39 is 0 Å². The Morgan fingerprint density at radius 2 is 2.20 bits per heavy atom. The highest BCUT2D eigenvalue weighted by Gasteiger charge is 2.30. The molecule has 1 aromatic heterocycles. The van der Waals surface area contributed by atoms with Crippen LogP contribution in [0, 0.1) is 11.7 Å². The summed E-state index contributed by atoms with van der Waals surface area (Å²) in [4.78, 5) is 19.1. The van der Waals surface area contributed by atoms with E-state index in [2.05, 4.69) is 10.3 Å². The second kappa shape index (κ2) is 8.21. The lowest BCUT2D eigenvalue weighted by atomic mass is 9.97. The molecule has 1 amide bonds. The summed E-state index contributed by atoms with van der Waals surface area (Å²) in [5.74, 6) is -0.207. The van der Waals surface area contributed by atoms with Gasteiger partial charge in [-0.05, 0) is 36.1 Å². The predicted molar refractivity (Wildman–Crippen MR) is 95.4 cm³/mol. The van der Waals surface area contributed by atoms with Crippen molar-refractivity contribution in [2.24, 2.45) is 5.92 Å². The van der Waals surface area contributed by atoms with Crippen molar-refractivity contribution >= 4 is 5.91 Å². The number of aromatic nitrogens is 1. The molecule has 4 nitrogen and oxygen atoms in total. The molecule has 1 aromatic carbocycles. The molecule has 0 aliphatic carbocycles. The highest BCUT2D eigenvalue weighted by molar-refractivity contribution is 5.79. The molecule has 2 heterocycles. The Morgan fingerprint density at radius 3 is 2.96 bits per heavy atom. The highest BCUT2D eigenvalue weighted by Crippen LogP contribution is 2.25. The van der Waals surface area contributed by atoms with Crippen LogP contribution in [0.5, 0.6) is 0 Å². The summed E-state index contributed by atoms with van der Waals surface area (Å²) < 4.78 is 13.8. The van der Waals surface area contributed by atoms with Gasteiger partial charge in [0.25, 0.3) is 0 Å². The molecule has 132 valence electrons. The predicted octanol–water partition coefficient (Wildman–Crippen LogP) is 2.96. The van der Waals surface area contributed by atoms with Gasteiger partial charge < -0.3 is 10.2 Å². The Labute approximate surface area is 148 Å².